The highest BCUT2D eigenvalue weighted by atomic mass is 16.5. The molecule has 2 aromatic carbocycles. The zero-order valence-electron chi connectivity index (χ0n) is 12.8. The normalized spacial score (nSPS) is 18.3. The van der Waals surface area contributed by atoms with Gasteiger partial charge in [0.2, 0.25) is 0 Å². The highest BCUT2D eigenvalue weighted by Gasteiger charge is 2.25. The molecule has 0 amide bonds. The summed E-state index contributed by atoms with van der Waals surface area (Å²) in [5.41, 5.74) is 4.15. The van der Waals surface area contributed by atoms with Gasteiger partial charge in [0, 0.05) is 12.0 Å². The standard InChI is InChI=1S/C19H23NO/c1-19(2,16-9-4-3-5-10-16)14-20-18-13-21-12-15-8-6-7-11-17(15)18/h3-11,18,20H,12-14H2,1-2H3. The third kappa shape index (κ3) is 3.17. The number of fused-ring (bicyclic) bond motifs is 1. The van der Waals surface area contributed by atoms with Crippen molar-refractivity contribution in [1.29, 1.82) is 0 Å². The van der Waals surface area contributed by atoms with Crippen molar-refractivity contribution in [2.45, 2.75) is 31.9 Å². The Bertz CT molecular complexity index is 592. The third-order valence-corrected chi connectivity index (χ3v) is 4.32. The molecule has 0 radical (unpaired) electrons. The van der Waals surface area contributed by atoms with Crippen molar-refractivity contribution in [2.24, 2.45) is 0 Å². The predicted molar refractivity (Wildman–Crippen MR) is 86.3 cm³/mol. The first-order valence-corrected chi connectivity index (χ1v) is 7.61. The molecule has 0 bridgehead atoms. The second-order valence-electron chi connectivity index (χ2n) is 6.40. The molecular weight excluding hydrogens is 258 g/mol. The van der Waals surface area contributed by atoms with Crippen LogP contribution >= 0.6 is 0 Å². The molecule has 21 heavy (non-hydrogen) atoms. The van der Waals surface area contributed by atoms with Gasteiger partial charge in [-0.3, -0.25) is 0 Å². The number of ether oxygens (including phenoxy) is 1. The van der Waals surface area contributed by atoms with Crippen LogP contribution in [0.3, 0.4) is 0 Å². The van der Waals surface area contributed by atoms with Crippen molar-refractivity contribution in [3.8, 4) is 0 Å². The number of rotatable bonds is 4. The van der Waals surface area contributed by atoms with Crippen LogP contribution in [0.5, 0.6) is 0 Å². The predicted octanol–water partition coefficient (Wildman–Crippen LogP) is 3.83. The van der Waals surface area contributed by atoms with Crippen molar-refractivity contribution >= 4 is 0 Å². The lowest BCUT2D eigenvalue weighted by atomic mass is 9.84. The number of benzene rings is 2. The van der Waals surface area contributed by atoms with Gasteiger partial charge >= 0.3 is 0 Å². The molecule has 0 fully saturated rings. The summed E-state index contributed by atoms with van der Waals surface area (Å²) in [6.07, 6.45) is 0. The summed E-state index contributed by atoms with van der Waals surface area (Å²) < 4.78 is 5.72. The van der Waals surface area contributed by atoms with Gasteiger partial charge in [0.05, 0.1) is 19.3 Å². The monoisotopic (exact) mass is 281 g/mol. The van der Waals surface area contributed by atoms with E-state index in [0.717, 1.165) is 19.8 Å². The molecule has 1 heterocycles. The highest BCUT2D eigenvalue weighted by Crippen LogP contribution is 2.27. The molecule has 1 aliphatic rings. The minimum absolute atomic E-state index is 0.105. The van der Waals surface area contributed by atoms with E-state index in [2.05, 4.69) is 73.8 Å². The summed E-state index contributed by atoms with van der Waals surface area (Å²) in [5.74, 6) is 0. The van der Waals surface area contributed by atoms with Crippen LogP contribution in [-0.4, -0.2) is 13.2 Å². The van der Waals surface area contributed by atoms with Crippen molar-refractivity contribution in [3.05, 3.63) is 71.3 Å². The van der Waals surface area contributed by atoms with Crippen LogP contribution in [0.15, 0.2) is 54.6 Å². The fraction of sp³-hybridized carbons (Fsp3) is 0.368. The van der Waals surface area contributed by atoms with E-state index in [1.165, 1.54) is 16.7 Å². The molecule has 110 valence electrons. The van der Waals surface area contributed by atoms with Gasteiger partial charge in [0.25, 0.3) is 0 Å². The molecule has 1 aliphatic heterocycles. The van der Waals surface area contributed by atoms with E-state index in [1.54, 1.807) is 0 Å². The van der Waals surface area contributed by atoms with E-state index >= 15 is 0 Å². The molecule has 0 saturated carbocycles. The second kappa shape index (κ2) is 6.00. The number of hydrogen-bond donors (Lipinski definition) is 1. The Hall–Kier alpha value is -1.64. The molecule has 2 aromatic rings. The van der Waals surface area contributed by atoms with E-state index in [4.69, 9.17) is 4.74 Å². The molecule has 0 saturated heterocycles. The largest absolute Gasteiger partial charge is 0.375 e. The molecule has 1 N–H and O–H groups in total. The van der Waals surface area contributed by atoms with Gasteiger partial charge < -0.3 is 10.1 Å². The van der Waals surface area contributed by atoms with Crippen LogP contribution < -0.4 is 5.32 Å². The molecule has 3 rings (SSSR count). The summed E-state index contributed by atoms with van der Waals surface area (Å²) in [6, 6.07) is 19.5. The van der Waals surface area contributed by atoms with Gasteiger partial charge in [-0.15, -0.1) is 0 Å². The van der Waals surface area contributed by atoms with Crippen molar-refractivity contribution in [1.82, 2.24) is 5.32 Å². The third-order valence-electron chi connectivity index (χ3n) is 4.32. The fourth-order valence-corrected chi connectivity index (χ4v) is 2.92. The zero-order chi connectivity index (χ0) is 14.7. The van der Waals surface area contributed by atoms with Crippen molar-refractivity contribution < 1.29 is 4.74 Å². The first-order valence-electron chi connectivity index (χ1n) is 7.61. The smallest absolute Gasteiger partial charge is 0.0721 e. The lowest BCUT2D eigenvalue weighted by Crippen LogP contribution is -2.38. The second-order valence-corrected chi connectivity index (χ2v) is 6.40. The summed E-state index contributed by atoms with van der Waals surface area (Å²) in [4.78, 5) is 0. The Kier molecular flexibility index (Phi) is 4.09. The van der Waals surface area contributed by atoms with Crippen LogP contribution in [0.1, 0.15) is 36.6 Å². The lowest BCUT2D eigenvalue weighted by molar-refractivity contribution is 0.0806. The molecule has 2 heteroatoms. The van der Waals surface area contributed by atoms with Gasteiger partial charge in [-0.1, -0.05) is 68.4 Å². The van der Waals surface area contributed by atoms with E-state index in [1.807, 2.05) is 0 Å². The topological polar surface area (TPSA) is 21.3 Å². The van der Waals surface area contributed by atoms with Crippen LogP contribution in [-0.2, 0) is 16.8 Å². The lowest BCUT2D eigenvalue weighted by Gasteiger charge is -2.32. The molecule has 0 aliphatic carbocycles. The Morgan fingerprint density at radius 2 is 1.76 bits per heavy atom. The van der Waals surface area contributed by atoms with Gasteiger partial charge in [0.1, 0.15) is 0 Å². The summed E-state index contributed by atoms with van der Waals surface area (Å²) >= 11 is 0. The van der Waals surface area contributed by atoms with Crippen LogP contribution in [0, 0.1) is 0 Å². The van der Waals surface area contributed by atoms with E-state index < -0.39 is 0 Å². The van der Waals surface area contributed by atoms with Gasteiger partial charge in [0.15, 0.2) is 0 Å². The van der Waals surface area contributed by atoms with Gasteiger partial charge in [-0.05, 0) is 16.7 Å². The summed E-state index contributed by atoms with van der Waals surface area (Å²) in [7, 11) is 0. The van der Waals surface area contributed by atoms with Crippen molar-refractivity contribution in [3.63, 3.8) is 0 Å². The quantitative estimate of drug-likeness (QED) is 0.919. The van der Waals surface area contributed by atoms with E-state index in [9.17, 15) is 0 Å². The fourth-order valence-electron chi connectivity index (χ4n) is 2.92. The van der Waals surface area contributed by atoms with Gasteiger partial charge in [-0.2, -0.15) is 0 Å². The maximum Gasteiger partial charge on any atom is 0.0721 e. The molecule has 1 unspecified atom stereocenters. The first-order chi connectivity index (χ1) is 10.2. The Balaban J connectivity index is 1.71. The molecule has 2 nitrogen and oxygen atoms in total. The molecular formula is C19H23NO. The van der Waals surface area contributed by atoms with Crippen LogP contribution in [0.4, 0.5) is 0 Å². The zero-order valence-corrected chi connectivity index (χ0v) is 12.8. The average molecular weight is 281 g/mol. The summed E-state index contributed by atoms with van der Waals surface area (Å²) in [6.45, 7) is 6.98. The maximum absolute atomic E-state index is 5.72. The van der Waals surface area contributed by atoms with E-state index in [0.29, 0.717) is 0 Å². The van der Waals surface area contributed by atoms with Crippen molar-refractivity contribution in [2.75, 3.05) is 13.2 Å². The average Bonchev–Trinajstić information content (AvgIpc) is 2.54. The minimum atomic E-state index is 0.105. The molecule has 0 spiro atoms. The number of nitrogens with one attached hydrogen (secondary N) is 1. The Morgan fingerprint density at radius 3 is 2.57 bits per heavy atom. The molecule has 1 atom stereocenters. The Morgan fingerprint density at radius 1 is 1.05 bits per heavy atom. The van der Waals surface area contributed by atoms with Crippen LogP contribution in [0.2, 0.25) is 0 Å². The maximum atomic E-state index is 5.72. The first kappa shape index (κ1) is 14.3. The van der Waals surface area contributed by atoms with Crippen LogP contribution in [0.25, 0.3) is 0 Å². The molecule has 0 aromatic heterocycles. The SMILES string of the molecule is CC(C)(CNC1COCc2ccccc21)c1ccccc1. The minimum Gasteiger partial charge on any atom is -0.375 e. The van der Waals surface area contributed by atoms with E-state index in [-0.39, 0.29) is 11.5 Å². The summed E-state index contributed by atoms with van der Waals surface area (Å²) in [5, 5.41) is 3.69. The Labute approximate surface area is 127 Å². The van der Waals surface area contributed by atoms with Gasteiger partial charge in [-0.25, -0.2) is 0 Å². The highest BCUT2D eigenvalue weighted by molar-refractivity contribution is 5.31. The number of hydrogen-bond acceptors (Lipinski definition) is 2.